The number of rotatable bonds is 4. The highest BCUT2D eigenvalue weighted by atomic mass is 19.4. The van der Waals surface area contributed by atoms with Crippen molar-refractivity contribution in [2.75, 3.05) is 29.5 Å². The van der Waals surface area contributed by atoms with Gasteiger partial charge < -0.3 is 21.7 Å². The maximum atomic E-state index is 13.0. The number of amides is 2. The summed E-state index contributed by atoms with van der Waals surface area (Å²) in [6.07, 6.45) is -2.07. The van der Waals surface area contributed by atoms with Crippen molar-refractivity contribution in [3.63, 3.8) is 0 Å². The van der Waals surface area contributed by atoms with Crippen molar-refractivity contribution in [3.8, 4) is 0 Å². The number of fused-ring (bicyclic) bond motifs is 1. The van der Waals surface area contributed by atoms with Crippen molar-refractivity contribution in [3.05, 3.63) is 47.8 Å². The number of primary amides is 1. The van der Waals surface area contributed by atoms with Crippen molar-refractivity contribution < 1.29 is 22.8 Å². The summed E-state index contributed by atoms with van der Waals surface area (Å²) in [5, 5.41) is 8.67. The SMILES string of the molecule is CN1CCCC1C(=O)Nc1ccc2c(c1)NC(=C(C(N)=O)c1nccc(C(F)(F)F)n1)N2. The van der Waals surface area contributed by atoms with Gasteiger partial charge in [-0.05, 0) is 50.7 Å². The van der Waals surface area contributed by atoms with Gasteiger partial charge in [0, 0.05) is 11.9 Å². The molecule has 32 heavy (non-hydrogen) atoms. The summed E-state index contributed by atoms with van der Waals surface area (Å²) in [5.41, 5.74) is 5.47. The van der Waals surface area contributed by atoms with Crippen LogP contribution in [0.2, 0.25) is 0 Å². The minimum Gasteiger partial charge on any atom is -0.365 e. The van der Waals surface area contributed by atoms with Crippen molar-refractivity contribution >= 4 is 34.4 Å². The number of alkyl halides is 3. The predicted molar refractivity (Wildman–Crippen MR) is 111 cm³/mol. The van der Waals surface area contributed by atoms with Gasteiger partial charge >= 0.3 is 6.18 Å². The molecule has 5 N–H and O–H groups in total. The Morgan fingerprint density at radius 1 is 1.22 bits per heavy atom. The minimum absolute atomic E-state index is 0.0471. The molecular weight excluding hydrogens is 427 g/mol. The fourth-order valence-electron chi connectivity index (χ4n) is 3.71. The molecule has 1 unspecified atom stereocenters. The lowest BCUT2D eigenvalue weighted by Crippen LogP contribution is -2.37. The van der Waals surface area contributed by atoms with E-state index in [1.54, 1.807) is 18.2 Å². The molecule has 168 valence electrons. The van der Waals surface area contributed by atoms with Crippen LogP contribution in [0.15, 0.2) is 36.3 Å². The lowest BCUT2D eigenvalue weighted by Gasteiger charge is -2.18. The Kier molecular flexibility index (Phi) is 5.46. The Bertz CT molecular complexity index is 1120. The first-order valence-corrected chi connectivity index (χ1v) is 9.77. The molecule has 0 saturated carbocycles. The molecule has 2 amide bonds. The maximum Gasteiger partial charge on any atom is 0.433 e. The Labute approximate surface area is 180 Å². The Morgan fingerprint density at radius 3 is 2.62 bits per heavy atom. The summed E-state index contributed by atoms with van der Waals surface area (Å²) >= 11 is 0. The average molecular weight is 447 g/mol. The van der Waals surface area contributed by atoms with Gasteiger partial charge in [-0.25, -0.2) is 9.97 Å². The molecule has 1 saturated heterocycles. The highest BCUT2D eigenvalue weighted by Crippen LogP contribution is 2.36. The van der Waals surface area contributed by atoms with Crippen molar-refractivity contribution in [2.24, 2.45) is 5.73 Å². The van der Waals surface area contributed by atoms with E-state index in [2.05, 4.69) is 25.9 Å². The third-order valence-corrected chi connectivity index (χ3v) is 5.30. The van der Waals surface area contributed by atoms with Gasteiger partial charge in [-0.2, -0.15) is 13.2 Å². The first-order valence-electron chi connectivity index (χ1n) is 9.77. The molecule has 2 aliphatic rings. The second-order valence-corrected chi connectivity index (χ2v) is 7.52. The van der Waals surface area contributed by atoms with Crippen molar-refractivity contribution in [1.29, 1.82) is 0 Å². The predicted octanol–water partition coefficient (Wildman–Crippen LogP) is 2.22. The van der Waals surface area contributed by atoms with Crippen LogP contribution < -0.4 is 21.7 Å². The largest absolute Gasteiger partial charge is 0.433 e. The van der Waals surface area contributed by atoms with E-state index in [0.29, 0.717) is 23.1 Å². The zero-order chi connectivity index (χ0) is 23.0. The number of nitrogens with two attached hydrogens (primary N) is 1. The third kappa shape index (κ3) is 4.21. The molecule has 1 fully saturated rings. The van der Waals surface area contributed by atoms with Gasteiger partial charge in [0.15, 0.2) is 5.82 Å². The summed E-state index contributed by atoms with van der Waals surface area (Å²) in [6, 6.07) is 5.48. The first kappa shape index (κ1) is 21.6. The Hall–Kier alpha value is -3.67. The second-order valence-electron chi connectivity index (χ2n) is 7.52. The number of likely N-dealkylation sites (N-methyl/N-ethyl adjacent to an activating group) is 1. The number of carbonyl (C=O) groups excluding carboxylic acids is 2. The van der Waals surface area contributed by atoms with Crippen LogP contribution in [0.5, 0.6) is 0 Å². The highest BCUT2D eigenvalue weighted by Gasteiger charge is 2.34. The van der Waals surface area contributed by atoms with Crippen LogP contribution >= 0.6 is 0 Å². The van der Waals surface area contributed by atoms with E-state index in [4.69, 9.17) is 5.73 Å². The van der Waals surface area contributed by atoms with Gasteiger partial charge in [-0.1, -0.05) is 0 Å². The molecule has 0 aliphatic carbocycles. The van der Waals surface area contributed by atoms with E-state index in [1.807, 2.05) is 11.9 Å². The van der Waals surface area contributed by atoms with Crippen LogP contribution in [0.25, 0.3) is 5.57 Å². The Morgan fingerprint density at radius 2 is 1.97 bits per heavy atom. The van der Waals surface area contributed by atoms with Crippen LogP contribution in [0.4, 0.5) is 30.2 Å². The smallest absolute Gasteiger partial charge is 0.365 e. The van der Waals surface area contributed by atoms with E-state index in [9.17, 15) is 22.8 Å². The number of anilines is 3. The lowest BCUT2D eigenvalue weighted by atomic mass is 10.2. The van der Waals surface area contributed by atoms with Gasteiger partial charge in [0.1, 0.15) is 17.1 Å². The summed E-state index contributed by atoms with van der Waals surface area (Å²) < 4.78 is 39.1. The van der Waals surface area contributed by atoms with E-state index >= 15 is 0 Å². The summed E-state index contributed by atoms with van der Waals surface area (Å²) in [5.74, 6) is -1.55. The number of nitrogens with zero attached hydrogens (tertiary/aromatic N) is 3. The summed E-state index contributed by atoms with van der Waals surface area (Å²) in [4.78, 5) is 33.8. The van der Waals surface area contributed by atoms with Crippen LogP contribution in [-0.2, 0) is 15.8 Å². The standard InChI is InChI=1S/C20H20F3N7O2/c1-30-8-2-3-13(30)19(32)26-10-4-5-11-12(9-10)28-18(27-11)15(16(24)31)17-25-7-6-14(29-17)20(21,22)23/h4-7,9,13,27-28H,2-3,8H2,1H3,(H2,24,31)(H,26,32). The fourth-order valence-corrected chi connectivity index (χ4v) is 3.71. The van der Waals surface area contributed by atoms with Crippen LogP contribution in [0.3, 0.4) is 0 Å². The molecule has 0 bridgehead atoms. The van der Waals surface area contributed by atoms with Crippen molar-refractivity contribution in [2.45, 2.75) is 25.1 Å². The molecular formula is C20H20F3N7O2. The fraction of sp³-hybridized carbons (Fsp3) is 0.300. The first-order chi connectivity index (χ1) is 15.1. The zero-order valence-electron chi connectivity index (χ0n) is 17.0. The van der Waals surface area contributed by atoms with Gasteiger partial charge in [0.2, 0.25) is 5.91 Å². The molecule has 2 aromatic rings. The van der Waals surface area contributed by atoms with E-state index < -0.39 is 23.6 Å². The van der Waals surface area contributed by atoms with Gasteiger partial charge in [0.25, 0.3) is 5.91 Å². The minimum atomic E-state index is -4.70. The molecule has 0 radical (unpaired) electrons. The topological polar surface area (TPSA) is 125 Å². The number of hydrogen-bond acceptors (Lipinski definition) is 7. The molecule has 12 heteroatoms. The second kappa shape index (κ2) is 8.11. The molecule has 1 aromatic heterocycles. The molecule has 1 atom stereocenters. The Balaban J connectivity index is 1.60. The summed E-state index contributed by atoms with van der Waals surface area (Å²) in [7, 11) is 1.89. The quantitative estimate of drug-likeness (QED) is 0.530. The lowest BCUT2D eigenvalue weighted by molar-refractivity contribution is -0.141. The number of benzene rings is 1. The number of aromatic nitrogens is 2. The highest BCUT2D eigenvalue weighted by molar-refractivity contribution is 6.20. The average Bonchev–Trinajstić information content (AvgIpc) is 3.33. The van der Waals surface area contributed by atoms with Crippen LogP contribution in [0.1, 0.15) is 24.4 Å². The number of likely N-dealkylation sites (tertiary alicyclic amines) is 1. The molecule has 4 rings (SSSR count). The van der Waals surface area contributed by atoms with E-state index in [0.717, 1.165) is 25.6 Å². The molecule has 2 aliphatic heterocycles. The number of carbonyl (C=O) groups is 2. The zero-order valence-corrected chi connectivity index (χ0v) is 17.0. The van der Waals surface area contributed by atoms with Crippen LogP contribution in [0, 0.1) is 0 Å². The van der Waals surface area contributed by atoms with Crippen molar-refractivity contribution in [1.82, 2.24) is 14.9 Å². The maximum absolute atomic E-state index is 13.0. The normalized spacial score (nSPS) is 19.7. The van der Waals surface area contributed by atoms with E-state index in [-0.39, 0.29) is 23.3 Å². The van der Waals surface area contributed by atoms with Crippen LogP contribution in [-0.4, -0.2) is 46.3 Å². The number of nitrogens with one attached hydrogen (secondary N) is 3. The van der Waals surface area contributed by atoms with Gasteiger partial charge in [0.05, 0.1) is 17.4 Å². The summed E-state index contributed by atoms with van der Waals surface area (Å²) in [6.45, 7) is 0.857. The molecule has 9 nitrogen and oxygen atoms in total. The number of hydrogen-bond donors (Lipinski definition) is 4. The molecule has 3 heterocycles. The molecule has 1 aromatic carbocycles. The van der Waals surface area contributed by atoms with Gasteiger partial charge in [-0.15, -0.1) is 0 Å². The van der Waals surface area contributed by atoms with Gasteiger partial charge in [-0.3, -0.25) is 14.5 Å². The number of halogens is 3. The molecule has 0 spiro atoms. The monoisotopic (exact) mass is 447 g/mol. The third-order valence-electron chi connectivity index (χ3n) is 5.30. The van der Waals surface area contributed by atoms with E-state index in [1.165, 1.54) is 0 Å².